The molecule has 4 amide bonds. The van der Waals surface area contributed by atoms with E-state index in [2.05, 4.69) is 72.3 Å². The molecule has 8 nitrogen and oxygen atoms in total. The van der Waals surface area contributed by atoms with E-state index in [0.717, 1.165) is 25.7 Å². The molecule has 0 spiro atoms. The van der Waals surface area contributed by atoms with Gasteiger partial charge in [-0.05, 0) is 67.4 Å². The van der Waals surface area contributed by atoms with Crippen LogP contribution in [-0.2, 0) is 19.2 Å². The number of rotatable bonds is 14. The van der Waals surface area contributed by atoms with E-state index < -0.39 is 5.54 Å². The number of nitrogens with zero attached hydrogens (tertiary/aromatic N) is 2. The molecule has 4 unspecified atom stereocenters. The zero-order chi connectivity index (χ0) is 31.6. The van der Waals surface area contributed by atoms with Gasteiger partial charge in [-0.25, -0.2) is 0 Å². The van der Waals surface area contributed by atoms with E-state index in [1.54, 1.807) is 36.0 Å². The number of amides is 4. The molecular weight excluding hydrogens is 516 g/mol. The van der Waals surface area contributed by atoms with Crippen molar-refractivity contribution in [1.29, 1.82) is 0 Å². The van der Waals surface area contributed by atoms with Crippen LogP contribution in [0.3, 0.4) is 0 Å². The quantitative estimate of drug-likeness (QED) is 0.235. The number of allylic oxidation sites excluding steroid dienone is 2. The van der Waals surface area contributed by atoms with Crippen molar-refractivity contribution in [2.75, 3.05) is 27.2 Å². The lowest BCUT2D eigenvalue weighted by Crippen LogP contribution is -2.63. The normalized spacial score (nSPS) is 23.0. The number of carbonyl (C=O) groups is 4. The van der Waals surface area contributed by atoms with Gasteiger partial charge >= 0.3 is 0 Å². The first-order valence-corrected chi connectivity index (χ1v) is 14.6. The second-order valence-electron chi connectivity index (χ2n) is 13.5. The Kier molecular flexibility index (Phi) is 13.3. The minimum atomic E-state index is -0.455. The predicted octanol–water partition coefficient (Wildman–Crippen LogP) is 4.65. The van der Waals surface area contributed by atoms with Gasteiger partial charge in [0.05, 0.1) is 0 Å². The maximum Gasteiger partial charge on any atom is 0.246 e. The van der Waals surface area contributed by atoms with E-state index in [0.29, 0.717) is 13.1 Å². The standard InChI is InChI=1S/C33H54N4O4/c1-12-27(38)34-26-22-32(7,8)33(9,21-25(26)4)35-28(39)16-14-15-17-30(41)37(11)23-24(3)20-31(5,6)18-19-36(10)29(40)13-2/h12-17,24-26H,1-2,18-23H2,3-11H3,(H,34,38)(H,35,39)/b16-14+,17-15+. The van der Waals surface area contributed by atoms with E-state index >= 15 is 0 Å². The summed E-state index contributed by atoms with van der Waals surface area (Å²) in [7, 11) is 3.56. The van der Waals surface area contributed by atoms with E-state index in [1.807, 2.05) is 0 Å². The summed E-state index contributed by atoms with van der Waals surface area (Å²) < 4.78 is 0. The third-order valence-corrected chi connectivity index (χ3v) is 8.69. The Balaban J connectivity index is 2.62. The van der Waals surface area contributed by atoms with Crippen LogP contribution in [0.25, 0.3) is 0 Å². The molecule has 1 rings (SSSR count). The Labute approximate surface area is 248 Å². The summed E-state index contributed by atoms with van der Waals surface area (Å²) in [6.07, 6.45) is 11.9. The van der Waals surface area contributed by atoms with E-state index in [4.69, 9.17) is 0 Å². The van der Waals surface area contributed by atoms with Crippen LogP contribution >= 0.6 is 0 Å². The number of hydrogen-bond donors (Lipinski definition) is 2. The summed E-state index contributed by atoms with van der Waals surface area (Å²) >= 11 is 0. The second-order valence-corrected chi connectivity index (χ2v) is 13.5. The molecule has 41 heavy (non-hydrogen) atoms. The molecular formula is C33H54N4O4. The number of nitrogens with one attached hydrogen (secondary N) is 2. The van der Waals surface area contributed by atoms with Crippen molar-refractivity contribution in [3.05, 3.63) is 49.6 Å². The Bertz CT molecular complexity index is 1030. The molecule has 8 heteroatoms. The van der Waals surface area contributed by atoms with Crippen LogP contribution in [0.2, 0.25) is 0 Å². The molecule has 230 valence electrons. The number of likely N-dealkylation sites (N-methyl/N-ethyl adjacent to an activating group) is 2. The van der Waals surface area contributed by atoms with Crippen LogP contribution in [0.4, 0.5) is 0 Å². The SMILES string of the molecule is C=CC(=O)NC1CC(C)(C)C(C)(NC(=O)/C=C/C=C/C(=O)N(C)CC(C)CC(C)(C)CCN(C)C(=O)C=C)CC1C. The molecule has 0 radical (unpaired) electrons. The topological polar surface area (TPSA) is 98.8 Å². The maximum atomic E-state index is 12.8. The molecule has 4 atom stereocenters. The molecule has 0 aliphatic heterocycles. The van der Waals surface area contributed by atoms with Crippen molar-refractivity contribution in [1.82, 2.24) is 20.4 Å². The molecule has 1 fully saturated rings. The summed E-state index contributed by atoms with van der Waals surface area (Å²) in [5.74, 6) is -0.143. The fraction of sp³-hybridized carbons (Fsp3) is 0.636. The van der Waals surface area contributed by atoms with Crippen molar-refractivity contribution in [2.24, 2.45) is 22.7 Å². The average Bonchev–Trinajstić information content (AvgIpc) is 2.86. The fourth-order valence-corrected chi connectivity index (χ4v) is 5.82. The maximum absolute atomic E-state index is 12.8. The lowest BCUT2D eigenvalue weighted by Gasteiger charge is -2.53. The highest BCUT2D eigenvalue weighted by atomic mass is 16.2. The Hall–Kier alpha value is -3.16. The third kappa shape index (κ3) is 11.3. The van der Waals surface area contributed by atoms with Crippen LogP contribution in [0.15, 0.2) is 49.6 Å². The van der Waals surface area contributed by atoms with E-state index in [1.165, 1.54) is 24.3 Å². The summed E-state index contributed by atoms with van der Waals surface area (Å²) in [6.45, 7) is 23.2. The van der Waals surface area contributed by atoms with Crippen molar-refractivity contribution in [3.8, 4) is 0 Å². The van der Waals surface area contributed by atoms with Crippen molar-refractivity contribution < 1.29 is 19.2 Å². The van der Waals surface area contributed by atoms with Gasteiger partial charge in [-0.3, -0.25) is 19.2 Å². The summed E-state index contributed by atoms with van der Waals surface area (Å²) in [5, 5.41) is 6.19. The van der Waals surface area contributed by atoms with Crippen molar-refractivity contribution >= 4 is 23.6 Å². The Morgan fingerprint density at radius 1 is 0.951 bits per heavy atom. The molecule has 1 aliphatic rings. The Morgan fingerprint density at radius 2 is 1.56 bits per heavy atom. The fourth-order valence-electron chi connectivity index (χ4n) is 5.82. The van der Waals surface area contributed by atoms with Gasteiger partial charge in [-0.2, -0.15) is 0 Å². The van der Waals surface area contributed by atoms with Crippen LogP contribution in [0, 0.1) is 22.7 Å². The molecule has 1 saturated carbocycles. The van der Waals surface area contributed by atoms with Crippen molar-refractivity contribution in [3.63, 3.8) is 0 Å². The minimum absolute atomic E-state index is 0.0189. The second kappa shape index (κ2) is 15.2. The minimum Gasteiger partial charge on any atom is -0.350 e. The molecule has 0 aromatic carbocycles. The van der Waals surface area contributed by atoms with Crippen molar-refractivity contribution in [2.45, 2.75) is 85.7 Å². The first kappa shape index (κ1) is 35.9. The van der Waals surface area contributed by atoms with Crippen LogP contribution in [-0.4, -0.2) is 72.2 Å². The first-order chi connectivity index (χ1) is 18.9. The first-order valence-electron chi connectivity index (χ1n) is 14.6. The van der Waals surface area contributed by atoms with E-state index in [-0.39, 0.29) is 52.3 Å². The summed E-state index contributed by atoms with van der Waals surface area (Å²) in [4.78, 5) is 52.4. The van der Waals surface area contributed by atoms with Gasteiger partial charge in [-0.15, -0.1) is 0 Å². The van der Waals surface area contributed by atoms with Crippen LogP contribution in [0.1, 0.15) is 74.1 Å². The molecule has 0 bridgehead atoms. The van der Waals surface area contributed by atoms with Crippen LogP contribution < -0.4 is 10.6 Å². The number of carbonyl (C=O) groups excluding carboxylic acids is 4. The zero-order valence-corrected chi connectivity index (χ0v) is 26.9. The van der Waals surface area contributed by atoms with Crippen LogP contribution in [0.5, 0.6) is 0 Å². The highest BCUT2D eigenvalue weighted by Crippen LogP contribution is 2.46. The highest BCUT2D eigenvalue weighted by Gasteiger charge is 2.49. The third-order valence-electron chi connectivity index (χ3n) is 8.69. The molecule has 2 N–H and O–H groups in total. The molecule has 0 heterocycles. The largest absolute Gasteiger partial charge is 0.350 e. The molecule has 0 aromatic heterocycles. The van der Waals surface area contributed by atoms with Gasteiger partial charge in [0.25, 0.3) is 0 Å². The average molecular weight is 571 g/mol. The monoisotopic (exact) mass is 570 g/mol. The highest BCUT2D eigenvalue weighted by molar-refractivity contribution is 5.90. The van der Waals surface area contributed by atoms with Gasteiger partial charge in [0.2, 0.25) is 23.6 Å². The summed E-state index contributed by atoms with van der Waals surface area (Å²) in [5.41, 5.74) is -0.683. The number of hydrogen-bond acceptors (Lipinski definition) is 4. The smallest absolute Gasteiger partial charge is 0.246 e. The Morgan fingerprint density at radius 3 is 2.15 bits per heavy atom. The molecule has 1 aliphatic carbocycles. The summed E-state index contributed by atoms with van der Waals surface area (Å²) in [6, 6.07) is 0.0189. The lowest BCUT2D eigenvalue weighted by molar-refractivity contribution is -0.126. The molecule has 0 saturated heterocycles. The van der Waals surface area contributed by atoms with Gasteiger partial charge < -0.3 is 20.4 Å². The van der Waals surface area contributed by atoms with Gasteiger partial charge in [0, 0.05) is 50.9 Å². The van der Waals surface area contributed by atoms with Gasteiger partial charge in [0.1, 0.15) is 0 Å². The lowest BCUT2D eigenvalue weighted by atomic mass is 9.59. The zero-order valence-electron chi connectivity index (χ0n) is 26.9. The van der Waals surface area contributed by atoms with Gasteiger partial charge in [-0.1, -0.05) is 66.9 Å². The van der Waals surface area contributed by atoms with Gasteiger partial charge in [0.15, 0.2) is 0 Å². The van der Waals surface area contributed by atoms with E-state index in [9.17, 15) is 19.2 Å². The molecule has 0 aromatic rings. The predicted molar refractivity (Wildman–Crippen MR) is 167 cm³/mol.